The lowest BCUT2D eigenvalue weighted by Crippen LogP contribution is -2.38. The van der Waals surface area contributed by atoms with E-state index in [1.54, 1.807) is 7.11 Å². The monoisotopic (exact) mass is 448 g/mol. The fourth-order valence-electron chi connectivity index (χ4n) is 2.26. The number of methoxy groups -OCH3 is 1. The zero-order chi connectivity index (χ0) is 17.1. The van der Waals surface area contributed by atoms with Gasteiger partial charge in [-0.25, -0.2) is 0 Å². The molecule has 2 N–H and O–H groups in total. The number of nitrogens with one attached hydrogen (secondary N) is 2. The molecule has 138 valence electrons. The second-order valence-corrected chi connectivity index (χ2v) is 5.90. The Hall–Kier alpha value is -1.02. The first kappa shape index (κ1) is 23.0. The van der Waals surface area contributed by atoms with Crippen LogP contribution in [0.1, 0.15) is 24.5 Å². The summed E-state index contributed by atoms with van der Waals surface area (Å²) < 4.78 is 5.38. The van der Waals surface area contributed by atoms with Gasteiger partial charge in [0.05, 0.1) is 7.11 Å². The number of benzene rings is 1. The summed E-state index contributed by atoms with van der Waals surface area (Å²) in [7, 11) is 5.89. The molecule has 0 aliphatic carbocycles. The van der Waals surface area contributed by atoms with Crippen molar-refractivity contribution in [2.45, 2.75) is 26.7 Å². The van der Waals surface area contributed by atoms with Gasteiger partial charge >= 0.3 is 0 Å². The van der Waals surface area contributed by atoms with Crippen molar-refractivity contribution in [3.63, 3.8) is 0 Å². The summed E-state index contributed by atoms with van der Waals surface area (Å²) in [4.78, 5) is 6.79. The Kier molecular flexibility index (Phi) is 12.7. The van der Waals surface area contributed by atoms with Crippen LogP contribution in [0.5, 0.6) is 5.75 Å². The minimum atomic E-state index is 0. The van der Waals surface area contributed by atoms with E-state index in [0.717, 1.165) is 50.7 Å². The number of halogens is 1. The van der Waals surface area contributed by atoms with E-state index >= 15 is 0 Å². The van der Waals surface area contributed by atoms with Crippen LogP contribution in [0.15, 0.2) is 23.2 Å². The van der Waals surface area contributed by atoms with Crippen LogP contribution in [0.2, 0.25) is 0 Å². The molecule has 0 amide bonds. The number of aryl methyl sites for hydroxylation is 1. The lowest BCUT2D eigenvalue weighted by Gasteiger charge is -2.13. The standard InChI is InChI=1S/C18H32N4O.HI/c1-6-19-18(20-11-7-13-22(3)4)21-12-10-16-9-8-15(2)17(14-16)23-5;/h8-9,14H,6-7,10-13H2,1-5H3,(H2,19,20,21);1H. The van der Waals surface area contributed by atoms with Gasteiger partial charge in [-0.1, -0.05) is 12.1 Å². The largest absolute Gasteiger partial charge is 0.496 e. The molecule has 0 heterocycles. The lowest BCUT2D eigenvalue weighted by atomic mass is 10.1. The number of ether oxygens (including phenoxy) is 1. The molecule has 0 bridgehead atoms. The molecule has 1 rings (SSSR count). The fraction of sp³-hybridized carbons (Fsp3) is 0.611. The van der Waals surface area contributed by atoms with Crippen LogP contribution in [0.4, 0.5) is 0 Å². The molecular weight excluding hydrogens is 415 g/mol. The first-order valence-electron chi connectivity index (χ1n) is 8.37. The van der Waals surface area contributed by atoms with Crippen LogP contribution in [0.3, 0.4) is 0 Å². The van der Waals surface area contributed by atoms with Gasteiger partial charge in [-0.3, -0.25) is 4.99 Å². The van der Waals surface area contributed by atoms with Crippen LogP contribution < -0.4 is 15.4 Å². The molecule has 1 aromatic carbocycles. The smallest absolute Gasteiger partial charge is 0.191 e. The number of rotatable bonds is 9. The van der Waals surface area contributed by atoms with E-state index in [9.17, 15) is 0 Å². The SMILES string of the molecule is CCNC(=NCCCN(C)C)NCCc1ccc(C)c(OC)c1.I. The molecule has 0 unspecified atom stereocenters. The summed E-state index contributed by atoms with van der Waals surface area (Å²) in [6.07, 6.45) is 2.01. The van der Waals surface area contributed by atoms with Crippen molar-refractivity contribution in [1.29, 1.82) is 0 Å². The van der Waals surface area contributed by atoms with Crippen molar-refractivity contribution < 1.29 is 4.74 Å². The van der Waals surface area contributed by atoms with Crippen LogP contribution in [-0.2, 0) is 6.42 Å². The highest BCUT2D eigenvalue weighted by molar-refractivity contribution is 14.0. The summed E-state index contributed by atoms with van der Waals surface area (Å²) >= 11 is 0. The van der Waals surface area contributed by atoms with E-state index in [1.807, 2.05) is 0 Å². The summed E-state index contributed by atoms with van der Waals surface area (Å²) in [5, 5.41) is 6.68. The van der Waals surface area contributed by atoms with Crippen LogP contribution in [-0.4, -0.2) is 58.2 Å². The first-order chi connectivity index (χ1) is 11.1. The summed E-state index contributed by atoms with van der Waals surface area (Å²) in [5.74, 6) is 1.84. The van der Waals surface area contributed by atoms with E-state index < -0.39 is 0 Å². The summed E-state index contributed by atoms with van der Waals surface area (Å²) in [6.45, 7) is 7.77. The molecular formula is C18H33IN4O. The summed E-state index contributed by atoms with van der Waals surface area (Å²) in [6, 6.07) is 6.37. The van der Waals surface area contributed by atoms with E-state index in [-0.39, 0.29) is 24.0 Å². The van der Waals surface area contributed by atoms with E-state index in [1.165, 1.54) is 11.1 Å². The van der Waals surface area contributed by atoms with Crippen molar-refractivity contribution in [3.8, 4) is 5.75 Å². The normalized spacial score (nSPS) is 11.2. The first-order valence-corrected chi connectivity index (χ1v) is 8.37. The van der Waals surface area contributed by atoms with Gasteiger partial charge in [0.25, 0.3) is 0 Å². The Balaban J connectivity index is 0.00000529. The number of nitrogens with zero attached hydrogens (tertiary/aromatic N) is 2. The Morgan fingerprint density at radius 3 is 2.62 bits per heavy atom. The number of hydrogen-bond acceptors (Lipinski definition) is 3. The van der Waals surface area contributed by atoms with E-state index in [0.29, 0.717) is 0 Å². The van der Waals surface area contributed by atoms with Gasteiger partial charge < -0.3 is 20.3 Å². The van der Waals surface area contributed by atoms with Crippen molar-refractivity contribution in [1.82, 2.24) is 15.5 Å². The minimum absolute atomic E-state index is 0. The van der Waals surface area contributed by atoms with Crippen molar-refractivity contribution in [3.05, 3.63) is 29.3 Å². The predicted molar refractivity (Wildman–Crippen MR) is 114 cm³/mol. The molecule has 0 aromatic heterocycles. The second-order valence-electron chi connectivity index (χ2n) is 5.90. The maximum Gasteiger partial charge on any atom is 0.191 e. The van der Waals surface area contributed by atoms with Crippen LogP contribution >= 0.6 is 24.0 Å². The number of guanidine groups is 1. The van der Waals surface area contributed by atoms with Crippen molar-refractivity contribution in [2.24, 2.45) is 4.99 Å². The van der Waals surface area contributed by atoms with Crippen LogP contribution in [0.25, 0.3) is 0 Å². The molecule has 6 heteroatoms. The molecule has 0 aliphatic rings. The fourth-order valence-corrected chi connectivity index (χ4v) is 2.26. The van der Waals surface area contributed by atoms with Crippen molar-refractivity contribution >= 4 is 29.9 Å². The van der Waals surface area contributed by atoms with Crippen molar-refractivity contribution in [2.75, 3.05) is 47.4 Å². The molecule has 0 spiro atoms. The molecule has 0 atom stereocenters. The third-order valence-electron chi connectivity index (χ3n) is 3.56. The molecule has 0 aliphatic heterocycles. The highest BCUT2D eigenvalue weighted by atomic mass is 127. The summed E-state index contributed by atoms with van der Waals surface area (Å²) in [5.41, 5.74) is 2.43. The highest BCUT2D eigenvalue weighted by Gasteiger charge is 2.02. The highest BCUT2D eigenvalue weighted by Crippen LogP contribution is 2.18. The molecule has 24 heavy (non-hydrogen) atoms. The Bertz CT molecular complexity index is 492. The Labute approximate surface area is 164 Å². The quantitative estimate of drug-likeness (QED) is 0.264. The lowest BCUT2D eigenvalue weighted by molar-refractivity contribution is 0.403. The molecule has 0 fully saturated rings. The van der Waals surface area contributed by atoms with Gasteiger partial charge in [0.1, 0.15) is 5.75 Å². The zero-order valence-corrected chi connectivity index (χ0v) is 18.0. The van der Waals surface area contributed by atoms with E-state index in [2.05, 4.69) is 66.7 Å². The topological polar surface area (TPSA) is 48.9 Å². The predicted octanol–water partition coefficient (Wildman–Crippen LogP) is 2.67. The molecule has 0 saturated carbocycles. The van der Waals surface area contributed by atoms with Gasteiger partial charge in [0, 0.05) is 19.6 Å². The third kappa shape index (κ3) is 9.32. The van der Waals surface area contributed by atoms with Gasteiger partial charge in [0.2, 0.25) is 0 Å². The van der Waals surface area contributed by atoms with Gasteiger partial charge in [-0.05, 0) is 64.5 Å². The maximum absolute atomic E-state index is 5.38. The molecule has 1 aromatic rings. The average molecular weight is 448 g/mol. The van der Waals surface area contributed by atoms with Gasteiger partial charge in [-0.2, -0.15) is 0 Å². The molecule has 0 radical (unpaired) electrons. The zero-order valence-electron chi connectivity index (χ0n) is 15.7. The maximum atomic E-state index is 5.38. The van der Waals surface area contributed by atoms with Gasteiger partial charge in [0.15, 0.2) is 5.96 Å². The average Bonchev–Trinajstić information content (AvgIpc) is 2.52. The molecule has 0 saturated heterocycles. The third-order valence-corrected chi connectivity index (χ3v) is 3.56. The minimum Gasteiger partial charge on any atom is -0.496 e. The van der Waals surface area contributed by atoms with Crippen LogP contribution in [0, 0.1) is 6.92 Å². The van der Waals surface area contributed by atoms with E-state index in [4.69, 9.17) is 4.74 Å². The number of aliphatic imine (C=N–C) groups is 1. The Morgan fingerprint density at radius 2 is 2.00 bits per heavy atom. The Morgan fingerprint density at radius 1 is 1.25 bits per heavy atom. The number of hydrogen-bond donors (Lipinski definition) is 2. The molecule has 5 nitrogen and oxygen atoms in total. The second kappa shape index (κ2) is 13.3. The van der Waals surface area contributed by atoms with Gasteiger partial charge in [-0.15, -0.1) is 24.0 Å².